The van der Waals surface area contributed by atoms with Crippen molar-refractivity contribution in [3.8, 4) is 0 Å². The molecule has 1 aromatic heterocycles. The van der Waals surface area contributed by atoms with Crippen LogP contribution >= 0.6 is 0 Å². The van der Waals surface area contributed by atoms with E-state index in [0.717, 1.165) is 19.0 Å². The lowest BCUT2D eigenvalue weighted by atomic mass is 10.1. The molecule has 1 unspecified atom stereocenters. The molecular formula is C16H31N3. The van der Waals surface area contributed by atoms with Gasteiger partial charge in [0.15, 0.2) is 0 Å². The third kappa shape index (κ3) is 4.64. The molecule has 1 atom stereocenters. The molecule has 1 N–H and O–H groups in total. The van der Waals surface area contributed by atoms with Gasteiger partial charge in [-0.05, 0) is 52.5 Å². The molecule has 1 rings (SSSR count). The van der Waals surface area contributed by atoms with Gasteiger partial charge in [-0.2, -0.15) is 5.10 Å². The van der Waals surface area contributed by atoms with Gasteiger partial charge in [0.25, 0.3) is 0 Å². The van der Waals surface area contributed by atoms with Crippen LogP contribution in [-0.2, 0) is 6.54 Å². The summed E-state index contributed by atoms with van der Waals surface area (Å²) in [6.07, 6.45) is 3.66. The van der Waals surface area contributed by atoms with E-state index in [2.05, 4.69) is 51.5 Å². The van der Waals surface area contributed by atoms with Crippen LogP contribution in [-0.4, -0.2) is 16.3 Å². The summed E-state index contributed by atoms with van der Waals surface area (Å²) in [4.78, 5) is 0. The quantitative estimate of drug-likeness (QED) is 0.770. The summed E-state index contributed by atoms with van der Waals surface area (Å²) in [5.74, 6) is 0.779. The Morgan fingerprint density at radius 1 is 1.21 bits per heavy atom. The first-order valence-electron chi connectivity index (χ1n) is 7.74. The Bertz CT molecular complexity index is 380. The second kappa shape index (κ2) is 7.68. The van der Waals surface area contributed by atoms with Gasteiger partial charge in [0.2, 0.25) is 0 Å². The van der Waals surface area contributed by atoms with Gasteiger partial charge in [-0.15, -0.1) is 0 Å². The van der Waals surface area contributed by atoms with Gasteiger partial charge in [0.1, 0.15) is 0 Å². The summed E-state index contributed by atoms with van der Waals surface area (Å²) in [6.45, 7) is 15.5. The summed E-state index contributed by atoms with van der Waals surface area (Å²) in [6, 6.07) is 0.402. The van der Waals surface area contributed by atoms with Crippen LogP contribution in [0.1, 0.15) is 70.0 Å². The third-order valence-corrected chi connectivity index (χ3v) is 3.72. The van der Waals surface area contributed by atoms with E-state index in [0.29, 0.717) is 6.04 Å². The molecule has 0 amide bonds. The van der Waals surface area contributed by atoms with E-state index >= 15 is 0 Å². The number of nitrogens with zero attached hydrogens (tertiary/aromatic N) is 2. The van der Waals surface area contributed by atoms with Crippen LogP contribution in [0.3, 0.4) is 0 Å². The number of hydrogen-bond acceptors (Lipinski definition) is 2. The van der Waals surface area contributed by atoms with Crippen molar-refractivity contribution in [1.82, 2.24) is 15.1 Å². The number of aryl methyl sites for hydroxylation is 2. The molecule has 110 valence electrons. The Kier molecular flexibility index (Phi) is 6.56. The lowest BCUT2D eigenvalue weighted by molar-refractivity contribution is 0.482. The fourth-order valence-corrected chi connectivity index (χ4v) is 2.67. The molecule has 0 radical (unpaired) electrons. The third-order valence-electron chi connectivity index (χ3n) is 3.72. The van der Waals surface area contributed by atoms with E-state index in [1.165, 1.54) is 36.2 Å². The first-order chi connectivity index (χ1) is 8.97. The van der Waals surface area contributed by atoms with Gasteiger partial charge < -0.3 is 5.32 Å². The second-order valence-electron chi connectivity index (χ2n) is 6.02. The van der Waals surface area contributed by atoms with E-state index in [-0.39, 0.29) is 0 Å². The molecule has 19 heavy (non-hydrogen) atoms. The highest BCUT2D eigenvalue weighted by atomic mass is 15.3. The monoisotopic (exact) mass is 265 g/mol. The number of rotatable bonds is 8. The Morgan fingerprint density at radius 2 is 1.89 bits per heavy atom. The van der Waals surface area contributed by atoms with Crippen LogP contribution < -0.4 is 5.32 Å². The maximum atomic E-state index is 4.71. The zero-order valence-electron chi connectivity index (χ0n) is 13.6. The molecule has 0 aromatic carbocycles. The van der Waals surface area contributed by atoms with Gasteiger partial charge in [-0.3, -0.25) is 4.68 Å². The van der Waals surface area contributed by atoms with Gasteiger partial charge in [0, 0.05) is 23.8 Å². The van der Waals surface area contributed by atoms with Crippen molar-refractivity contribution in [3.63, 3.8) is 0 Å². The van der Waals surface area contributed by atoms with E-state index in [9.17, 15) is 0 Å². The number of aromatic nitrogens is 2. The van der Waals surface area contributed by atoms with Crippen molar-refractivity contribution >= 4 is 0 Å². The molecule has 0 saturated heterocycles. The molecule has 0 fully saturated rings. The normalized spacial score (nSPS) is 13.2. The van der Waals surface area contributed by atoms with Crippen molar-refractivity contribution in [3.05, 3.63) is 17.0 Å². The fourth-order valence-electron chi connectivity index (χ4n) is 2.67. The van der Waals surface area contributed by atoms with Crippen molar-refractivity contribution < 1.29 is 0 Å². The highest BCUT2D eigenvalue weighted by Gasteiger charge is 2.16. The molecule has 1 heterocycles. The minimum absolute atomic E-state index is 0.402. The predicted octanol–water partition coefficient (Wildman–Crippen LogP) is 4.00. The van der Waals surface area contributed by atoms with Crippen molar-refractivity contribution in [2.45, 2.75) is 73.4 Å². The Balaban J connectivity index is 2.70. The molecule has 1 aromatic rings. The van der Waals surface area contributed by atoms with Crippen LogP contribution in [0.15, 0.2) is 0 Å². The van der Waals surface area contributed by atoms with Crippen LogP contribution in [0.4, 0.5) is 0 Å². The highest BCUT2D eigenvalue weighted by molar-refractivity contribution is 5.27. The predicted molar refractivity (Wildman–Crippen MR) is 82.5 cm³/mol. The van der Waals surface area contributed by atoms with Crippen LogP contribution in [0.25, 0.3) is 0 Å². The average Bonchev–Trinajstić information content (AvgIpc) is 2.61. The first kappa shape index (κ1) is 16.2. The summed E-state index contributed by atoms with van der Waals surface area (Å²) in [7, 11) is 0. The minimum Gasteiger partial charge on any atom is -0.310 e. The van der Waals surface area contributed by atoms with E-state index in [1.807, 2.05) is 0 Å². The zero-order valence-corrected chi connectivity index (χ0v) is 13.6. The average molecular weight is 265 g/mol. The molecule has 0 bridgehead atoms. The highest BCUT2D eigenvalue weighted by Crippen LogP contribution is 2.21. The molecule has 3 heteroatoms. The van der Waals surface area contributed by atoms with Gasteiger partial charge in [-0.25, -0.2) is 0 Å². The second-order valence-corrected chi connectivity index (χ2v) is 6.02. The van der Waals surface area contributed by atoms with Crippen LogP contribution in [0.5, 0.6) is 0 Å². The Morgan fingerprint density at radius 3 is 2.47 bits per heavy atom. The van der Waals surface area contributed by atoms with Crippen LogP contribution in [0, 0.1) is 19.8 Å². The SMILES string of the molecule is CCCNC(C)c1c(C)nn(CCCC(C)C)c1C. The zero-order chi connectivity index (χ0) is 14.4. The van der Waals surface area contributed by atoms with Crippen molar-refractivity contribution in [2.24, 2.45) is 5.92 Å². The summed E-state index contributed by atoms with van der Waals surface area (Å²) < 4.78 is 2.19. The summed E-state index contributed by atoms with van der Waals surface area (Å²) >= 11 is 0. The number of hydrogen-bond donors (Lipinski definition) is 1. The van der Waals surface area contributed by atoms with Gasteiger partial charge in [-0.1, -0.05) is 20.8 Å². The maximum Gasteiger partial charge on any atom is 0.0644 e. The Hall–Kier alpha value is -0.830. The lowest BCUT2D eigenvalue weighted by Crippen LogP contribution is -2.20. The molecule has 0 aliphatic carbocycles. The summed E-state index contributed by atoms with van der Waals surface area (Å²) in [5.41, 5.74) is 3.90. The molecule has 0 aliphatic rings. The lowest BCUT2D eigenvalue weighted by Gasteiger charge is -2.14. The van der Waals surface area contributed by atoms with E-state index in [4.69, 9.17) is 5.10 Å². The topological polar surface area (TPSA) is 29.9 Å². The van der Waals surface area contributed by atoms with Gasteiger partial charge in [0.05, 0.1) is 5.69 Å². The first-order valence-corrected chi connectivity index (χ1v) is 7.74. The molecule has 0 spiro atoms. The molecule has 0 aliphatic heterocycles. The van der Waals surface area contributed by atoms with Crippen LogP contribution in [0.2, 0.25) is 0 Å². The Labute approximate surface area is 118 Å². The summed E-state index contributed by atoms with van der Waals surface area (Å²) in [5, 5.41) is 8.28. The fraction of sp³-hybridized carbons (Fsp3) is 0.812. The minimum atomic E-state index is 0.402. The van der Waals surface area contributed by atoms with Crippen molar-refractivity contribution in [2.75, 3.05) is 6.54 Å². The van der Waals surface area contributed by atoms with Gasteiger partial charge >= 0.3 is 0 Å². The molecular weight excluding hydrogens is 234 g/mol. The van der Waals surface area contributed by atoms with Crippen molar-refractivity contribution in [1.29, 1.82) is 0 Å². The maximum absolute atomic E-state index is 4.71. The van der Waals surface area contributed by atoms with E-state index in [1.54, 1.807) is 0 Å². The molecule has 3 nitrogen and oxygen atoms in total. The molecule has 0 saturated carbocycles. The largest absolute Gasteiger partial charge is 0.310 e. The van der Waals surface area contributed by atoms with E-state index < -0.39 is 0 Å². The smallest absolute Gasteiger partial charge is 0.0644 e. The number of nitrogens with one attached hydrogen (secondary N) is 1. The standard InChI is InChI=1S/C16H31N3/c1-7-10-17-13(4)16-14(5)18-19(15(16)6)11-8-9-12(2)3/h12-13,17H,7-11H2,1-6H3.